The summed E-state index contributed by atoms with van der Waals surface area (Å²) in [6.07, 6.45) is 2.39. The van der Waals surface area contributed by atoms with E-state index in [0.29, 0.717) is 24.8 Å². The first-order chi connectivity index (χ1) is 10.3. The third-order valence-electron chi connectivity index (χ3n) is 5.80. The van der Waals surface area contributed by atoms with Crippen LogP contribution in [0.25, 0.3) is 0 Å². The average molecular weight is 306 g/mol. The second-order valence-electron chi connectivity index (χ2n) is 7.06. The number of hydrogen-bond donors (Lipinski definition) is 0. The van der Waals surface area contributed by atoms with Crippen molar-refractivity contribution in [1.29, 1.82) is 0 Å². The number of fused-ring (bicyclic) bond motifs is 2. The molecule has 0 unspecified atom stereocenters. The normalized spacial score (nSPS) is 40.7. The van der Waals surface area contributed by atoms with E-state index in [1.807, 2.05) is 6.92 Å². The zero-order valence-corrected chi connectivity index (χ0v) is 13.1. The standard InChI is InChI=1S/C17H22O5/c1-9-12-7-17(3)13(4-5-15(17)19)11(8-21-10(2)18)6-14(12)22-16(9)20/h11-14H,1,4-8H2,2-3H3/t11-,12+,13-,14-,17-/m0/s1. The van der Waals surface area contributed by atoms with Crippen LogP contribution < -0.4 is 0 Å². The molecule has 0 bridgehead atoms. The highest BCUT2D eigenvalue weighted by Crippen LogP contribution is 2.55. The van der Waals surface area contributed by atoms with Gasteiger partial charge in [-0.15, -0.1) is 0 Å². The first-order valence-electron chi connectivity index (χ1n) is 7.89. The SMILES string of the molecule is C=C1C(=O)O[C@H]2C[C@@H](COC(C)=O)[C@@H]3CCC(=O)[C@@]3(C)C[C@H]12. The number of esters is 2. The second-order valence-corrected chi connectivity index (χ2v) is 7.06. The molecule has 5 heteroatoms. The van der Waals surface area contributed by atoms with Gasteiger partial charge in [-0.25, -0.2) is 4.79 Å². The van der Waals surface area contributed by atoms with Gasteiger partial charge in [0, 0.05) is 36.2 Å². The van der Waals surface area contributed by atoms with Crippen LogP contribution in [0.3, 0.4) is 0 Å². The highest BCUT2D eigenvalue weighted by Gasteiger charge is 2.56. The molecule has 1 aliphatic heterocycles. The summed E-state index contributed by atoms with van der Waals surface area (Å²) in [5, 5.41) is 0. The number of carbonyl (C=O) groups is 3. The number of hydrogen-bond acceptors (Lipinski definition) is 5. The van der Waals surface area contributed by atoms with Crippen LogP contribution in [-0.4, -0.2) is 30.4 Å². The lowest BCUT2D eigenvalue weighted by molar-refractivity contribution is -0.146. The maximum Gasteiger partial charge on any atom is 0.334 e. The van der Waals surface area contributed by atoms with Crippen LogP contribution in [0.2, 0.25) is 0 Å². The number of rotatable bonds is 2. The molecule has 0 radical (unpaired) electrons. The Hall–Kier alpha value is -1.65. The Morgan fingerprint density at radius 1 is 1.45 bits per heavy atom. The first kappa shape index (κ1) is 15.3. The van der Waals surface area contributed by atoms with E-state index < -0.39 is 5.41 Å². The molecule has 120 valence electrons. The Morgan fingerprint density at radius 3 is 2.86 bits per heavy atom. The van der Waals surface area contributed by atoms with Gasteiger partial charge in [-0.05, 0) is 25.2 Å². The molecule has 5 atom stereocenters. The molecule has 2 saturated carbocycles. The number of carbonyl (C=O) groups excluding carboxylic acids is 3. The van der Waals surface area contributed by atoms with Crippen LogP contribution >= 0.6 is 0 Å². The molecule has 5 nitrogen and oxygen atoms in total. The van der Waals surface area contributed by atoms with E-state index in [1.54, 1.807) is 0 Å². The molecule has 1 saturated heterocycles. The number of ketones is 1. The molecule has 0 aromatic carbocycles. The smallest absolute Gasteiger partial charge is 0.334 e. The van der Waals surface area contributed by atoms with E-state index in [4.69, 9.17) is 9.47 Å². The van der Waals surface area contributed by atoms with Crippen LogP contribution in [0.15, 0.2) is 12.2 Å². The Morgan fingerprint density at radius 2 is 2.18 bits per heavy atom. The Kier molecular flexibility index (Phi) is 3.62. The molecule has 0 aromatic rings. The number of ether oxygens (including phenoxy) is 2. The van der Waals surface area contributed by atoms with Crippen molar-refractivity contribution in [3.63, 3.8) is 0 Å². The topological polar surface area (TPSA) is 69.7 Å². The molecule has 22 heavy (non-hydrogen) atoms. The third-order valence-corrected chi connectivity index (χ3v) is 5.80. The van der Waals surface area contributed by atoms with Gasteiger partial charge < -0.3 is 9.47 Å². The van der Waals surface area contributed by atoms with Gasteiger partial charge in [0.2, 0.25) is 0 Å². The van der Waals surface area contributed by atoms with Crippen LogP contribution in [0.5, 0.6) is 0 Å². The van der Waals surface area contributed by atoms with Crippen molar-refractivity contribution in [1.82, 2.24) is 0 Å². The van der Waals surface area contributed by atoms with Crippen LogP contribution in [0, 0.1) is 23.2 Å². The van der Waals surface area contributed by atoms with E-state index in [0.717, 1.165) is 6.42 Å². The van der Waals surface area contributed by atoms with Gasteiger partial charge in [-0.1, -0.05) is 13.5 Å². The maximum absolute atomic E-state index is 12.5. The van der Waals surface area contributed by atoms with Crippen molar-refractivity contribution in [2.45, 2.75) is 45.6 Å². The van der Waals surface area contributed by atoms with Gasteiger partial charge >= 0.3 is 11.9 Å². The quantitative estimate of drug-likeness (QED) is 0.577. The highest BCUT2D eigenvalue weighted by molar-refractivity contribution is 5.92. The minimum Gasteiger partial charge on any atom is -0.466 e. The van der Waals surface area contributed by atoms with Crippen molar-refractivity contribution in [2.75, 3.05) is 6.61 Å². The lowest BCUT2D eigenvalue weighted by atomic mass is 9.70. The molecule has 0 N–H and O–H groups in total. The summed E-state index contributed by atoms with van der Waals surface area (Å²) >= 11 is 0. The summed E-state index contributed by atoms with van der Waals surface area (Å²) in [6.45, 7) is 7.52. The van der Waals surface area contributed by atoms with E-state index in [9.17, 15) is 14.4 Å². The molecule has 1 heterocycles. The Labute approximate surface area is 130 Å². The highest BCUT2D eigenvalue weighted by atomic mass is 16.6. The summed E-state index contributed by atoms with van der Waals surface area (Å²) in [7, 11) is 0. The van der Waals surface area contributed by atoms with Crippen molar-refractivity contribution in [3.05, 3.63) is 12.2 Å². The van der Waals surface area contributed by atoms with Gasteiger partial charge in [-0.3, -0.25) is 9.59 Å². The van der Waals surface area contributed by atoms with Crippen molar-refractivity contribution in [2.24, 2.45) is 23.2 Å². The van der Waals surface area contributed by atoms with Crippen molar-refractivity contribution >= 4 is 17.7 Å². The van der Waals surface area contributed by atoms with Gasteiger partial charge in [-0.2, -0.15) is 0 Å². The van der Waals surface area contributed by atoms with E-state index in [2.05, 4.69) is 6.58 Å². The fraction of sp³-hybridized carbons (Fsp3) is 0.706. The molecule has 3 aliphatic rings. The molecular weight excluding hydrogens is 284 g/mol. The van der Waals surface area contributed by atoms with Crippen LogP contribution in [0.4, 0.5) is 0 Å². The Balaban J connectivity index is 1.91. The van der Waals surface area contributed by atoms with Crippen molar-refractivity contribution in [3.8, 4) is 0 Å². The summed E-state index contributed by atoms with van der Waals surface area (Å²) < 4.78 is 10.7. The van der Waals surface area contributed by atoms with Gasteiger partial charge in [0.15, 0.2) is 0 Å². The summed E-state index contributed by atoms with van der Waals surface area (Å²) in [4.78, 5) is 35.4. The summed E-state index contributed by atoms with van der Waals surface area (Å²) in [5.41, 5.74) is 0.0130. The van der Waals surface area contributed by atoms with Gasteiger partial charge in [0.05, 0.1) is 6.61 Å². The average Bonchev–Trinajstić information content (AvgIpc) is 2.83. The fourth-order valence-corrected chi connectivity index (χ4v) is 4.58. The first-order valence-corrected chi connectivity index (χ1v) is 7.89. The molecule has 0 amide bonds. The molecule has 3 fully saturated rings. The second kappa shape index (κ2) is 5.21. The van der Waals surface area contributed by atoms with Gasteiger partial charge in [0.25, 0.3) is 0 Å². The number of Topliss-reactive ketones (excluding diaryl/α,β-unsaturated/α-hetero) is 1. The third kappa shape index (κ3) is 2.27. The van der Waals surface area contributed by atoms with Gasteiger partial charge in [0.1, 0.15) is 11.9 Å². The largest absolute Gasteiger partial charge is 0.466 e. The van der Waals surface area contributed by atoms with Crippen LogP contribution in [-0.2, 0) is 23.9 Å². The maximum atomic E-state index is 12.5. The predicted molar refractivity (Wildman–Crippen MR) is 77.7 cm³/mol. The fourth-order valence-electron chi connectivity index (χ4n) is 4.58. The Bertz CT molecular complexity index is 551. The van der Waals surface area contributed by atoms with E-state index in [1.165, 1.54) is 6.92 Å². The van der Waals surface area contributed by atoms with E-state index >= 15 is 0 Å². The molecule has 3 rings (SSSR count). The molecular formula is C17H22O5. The zero-order valence-electron chi connectivity index (χ0n) is 13.1. The molecule has 0 aromatic heterocycles. The lowest BCUT2D eigenvalue weighted by Gasteiger charge is -2.33. The molecule has 2 aliphatic carbocycles. The molecule has 0 spiro atoms. The zero-order chi connectivity index (χ0) is 16.1. The summed E-state index contributed by atoms with van der Waals surface area (Å²) in [6, 6.07) is 0. The summed E-state index contributed by atoms with van der Waals surface area (Å²) in [5.74, 6) is -0.290. The predicted octanol–water partition coefficient (Wildman–Crippen LogP) is 2.04. The van der Waals surface area contributed by atoms with Crippen molar-refractivity contribution < 1.29 is 23.9 Å². The monoisotopic (exact) mass is 306 g/mol. The minimum absolute atomic E-state index is 0.0500. The lowest BCUT2D eigenvalue weighted by Crippen LogP contribution is -2.35. The van der Waals surface area contributed by atoms with Crippen LogP contribution in [0.1, 0.15) is 39.5 Å². The minimum atomic E-state index is -0.471. The van der Waals surface area contributed by atoms with E-state index in [-0.39, 0.29) is 48.2 Å².